The number of thiophene rings is 1. The monoisotopic (exact) mass is 361 g/mol. The molecule has 24 heavy (non-hydrogen) atoms. The summed E-state index contributed by atoms with van der Waals surface area (Å²) in [6.45, 7) is 3.21. The average molecular weight is 361 g/mol. The summed E-state index contributed by atoms with van der Waals surface area (Å²) >= 11 is 1.09. The quantitative estimate of drug-likeness (QED) is 0.767. The molecule has 0 unspecified atom stereocenters. The first kappa shape index (κ1) is 17.9. The molecular weight excluding hydrogens is 346 g/mol. The van der Waals surface area contributed by atoms with E-state index >= 15 is 0 Å². The van der Waals surface area contributed by atoms with Gasteiger partial charge in [0.05, 0.1) is 18.2 Å². The van der Waals surface area contributed by atoms with Crippen LogP contribution < -0.4 is 5.32 Å². The Balaban J connectivity index is 2.14. The average Bonchev–Trinajstić information content (AvgIpc) is 3.10. The van der Waals surface area contributed by atoms with Crippen molar-refractivity contribution in [2.24, 2.45) is 0 Å². The van der Waals surface area contributed by atoms with E-state index in [-0.39, 0.29) is 17.3 Å². The number of sulfonamides is 1. The molecule has 8 heteroatoms. The van der Waals surface area contributed by atoms with E-state index in [1.54, 1.807) is 29.6 Å². The lowest BCUT2D eigenvalue weighted by molar-refractivity contribution is -0.116. The minimum atomic E-state index is -3.75. The van der Waals surface area contributed by atoms with Crippen LogP contribution in [0, 0.1) is 11.3 Å². The number of nitriles is 1. The minimum Gasteiger partial charge on any atom is -0.325 e. The van der Waals surface area contributed by atoms with Crippen molar-refractivity contribution in [1.82, 2.24) is 4.31 Å². The van der Waals surface area contributed by atoms with Gasteiger partial charge in [-0.25, -0.2) is 8.42 Å². The Kier molecular flexibility index (Phi) is 5.87. The predicted octanol–water partition coefficient (Wildman–Crippen LogP) is 2.44. The van der Waals surface area contributed by atoms with Gasteiger partial charge in [0.2, 0.25) is 5.91 Å². The molecule has 2 aromatic rings. The summed E-state index contributed by atoms with van der Waals surface area (Å²) in [6, 6.07) is 11.5. The van der Waals surface area contributed by atoms with Crippen molar-refractivity contribution in [1.29, 1.82) is 5.26 Å². The van der Waals surface area contributed by atoms with Crippen molar-refractivity contribution >= 4 is 33.0 Å². The van der Waals surface area contributed by atoms with Gasteiger partial charge in [0.25, 0.3) is 10.0 Å². The number of amides is 1. The molecule has 0 spiro atoms. The zero-order chi connectivity index (χ0) is 17.6. The largest absolute Gasteiger partial charge is 0.325 e. The third kappa shape index (κ3) is 4.29. The normalized spacial score (nSPS) is 11.0. The highest BCUT2D eigenvalue weighted by molar-refractivity contribution is 7.91. The number of anilines is 1. The van der Waals surface area contributed by atoms with E-state index in [4.69, 9.17) is 5.26 Å². The first-order valence-electron chi connectivity index (χ1n) is 6.92. The van der Waals surface area contributed by atoms with Crippen molar-refractivity contribution in [2.45, 2.75) is 4.21 Å². The van der Waals surface area contributed by atoms with Gasteiger partial charge in [-0.05, 0) is 29.6 Å². The van der Waals surface area contributed by atoms with Gasteiger partial charge in [-0.1, -0.05) is 18.2 Å². The van der Waals surface area contributed by atoms with Crippen molar-refractivity contribution < 1.29 is 13.2 Å². The van der Waals surface area contributed by atoms with Gasteiger partial charge < -0.3 is 5.32 Å². The van der Waals surface area contributed by atoms with Crippen LogP contribution in [0.5, 0.6) is 0 Å². The van der Waals surface area contributed by atoms with E-state index in [2.05, 4.69) is 11.9 Å². The Morgan fingerprint density at radius 3 is 2.79 bits per heavy atom. The summed E-state index contributed by atoms with van der Waals surface area (Å²) in [4.78, 5) is 12.2. The maximum Gasteiger partial charge on any atom is 0.253 e. The Morgan fingerprint density at radius 1 is 1.38 bits per heavy atom. The lowest BCUT2D eigenvalue weighted by Crippen LogP contribution is -2.37. The number of hydrogen-bond acceptors (Lipinski definition) is 5. The summed E-state index contributed by atoms with van der Waals surface area (Å²) in [5.41, 5.74) is 0.841. The van der Waals surface area contributed by atoms with Gasteiger partial charge in [0, 0.05) is 12.2 Å². The standard InChI is InChI=1S/C16H15N3O3S2/c1-2-8-19(24(21,22)16-7-4-9-23-16)12-15(20)18-14-6-3-5-13(10-14)11-17/h2-7,9-10H,1,8,12H2,(H,18,20). The Labute approximate surface area is 144 Å². The molecule has 1 N–H and O–H groups in total. The molecule has 0 saturated heterocycles. The number of nitrogens with one attached hydrogen (secondary N) is 1. The van der Waals surface area contributed by atoms with Crippen LogP contribution in [-0.4, -0.2) is 31.7 Å². The van der Waals surface area contributed by atoms with Crippen LogP contribution in [0.25, 0.3) is 0 Å². The molecular formula is C16H15N3O3S2. The number of nitrogens with zero attached hydrogens (tertiary/aromatic N) is 2. The van der Waals surface area contributed by atoms with Crippen LogP contribution in [0.1, 0.15) is 5.56 Å². The van der Waals surface area contributed by atoms with Crippen molar-refractivity contribution in [3.8, 4) is 6.07 Å². The third-order valence-corrected chi connectivity index (χ3v) is 6.20. The highest BCUT2D eigenvalue weighted by atomic mass is 32.2. The maximum absolute atomic E-state index is 12.5. The zero-order valence-electron chi connectivity index (χ0n) is 12.7. The lowest BCUT2D eigenvalue weighted by Gasteiger charge is -2.19. The number of carbonyl (C=O) groups is 1. The molecule has 0 aliphatic heterocycles. The van der Waals surface area contributed by atoms with Crippen LogP contribution in [0.3, 0.4) is 0 Å². The van der Waals surface area contributed by atoms with Crippen molar-refractivity contribution in [2.75, 3.05) is 18.4 Å². The summed E-state index contributed by atoms with van der Waals surface area (Å²) in [5, 5.41) is 13.1. The van der Waals surface area contributed by atoms with Crippen LogP contribution in [0.2, 0.25) is 0 Å². The fraction of sp³-hybridized carbons (Fsp3) is 0.125. The smallest absolute Gasteiger partial charge is 0.253 e. The Bertz CT molecular complexity index is 868. The molecule has 1 aromatic heterocycles. The van der Waals surface area contributed by atoms with E-state index in [9.17, 15) is 13.2 Å². The van der Waals surface area contributed by atoms with Gasteiger partial charge >= 0.3 is 0 Å². The van der Waals surface area contributed by atoms with Crippen LogP contribution in [0.4, 0.5) is 5.69 Å². The van der Waals surface area contributed by atoms with E-state index in [1.807, 2.05) is 6.07 Å². The molecule has 0 radical (unpaired) electrons. The van der Waals surface area contributed by atoms with Gasteiger partial charge in [-0.15, -0.1) is 17.9 Å². The maximum atomic E-state index is 12.5. The second kappa shape index (κ2) is 7.88. The number of carbonyl (C=O) groups excluding carboxylic acids is 1. The molecule has 0 saturated carbocycles. The van der Waals surface area contributed by atoms with Crippen LogP contribution in [-0.2, 0) is 14.8 Å². The Hall–Kier alpha value is -2.47. The highest BCUT2D eigenvalue weighted by Gasteiger charge is 2.26. The van der Waals surface area contributed by atoms with E-state index < -0.39 is 15.9 Å². The molecule has 1 heterocycles. The molecule has 0 atom stereocenters. The first-order chi connectivity index (χ1) is 11.5. The number of benzene rings is 1. The summed E-state index contributed by atoms with van der Waals surface area (Å²) in [7, 11) is -3.75. The van der Waals surface area contributed by atoms with Crippen molar-refractivity contribution in [3.05, 3.63) is 60.0 Å². The Morgan fingerprint density at radius 2 is 2.17 bits per heavy atom. The van der Waals surface area contributed by atoms with Gasteiger partial charge in [0.1, 0.15) is 4.21 Å². The fourth-order valence-electron chi connectivity index (χ4n) is 1.96. The molecule has 0 aliphatic rings. The van der Waals surface area contributed by atoms with Gasteiger partial charge in [-0.2, -0.15) is 9.57 Å². The van der Waals surface area contributed by atoms with Crippen LogP contribution in [0.15, 0.2) is 58.6 Å². The second-order valence-corrected chi connectivity index (χ2v) is 7.87. The SMILES string of the molecule is C=CCN(CC(=O)Nc1cccc(C#N)c1)S(=O)(=O)c1cccs1. The van der Waals surface area contributed by atoms with Gasteiger partial charge in [-0.3, -0.25) is 4.79 Å². The summed E-state index contributed by atoms with van der Waals surface area (Å²) in [5.74, 6) is -0.493. The van der Waals surface area contributed by atoms with E-state index in [1.165, 1.54) is 18.2 Å². The second-order valence-electron chi connectivity index (χ2n) is 4.76. The zero-order valence-corrected chi connectivity index (χ0v) is 14.3. The minimum absolute atomic E-state index is 0.0197. The molecule has 0 bridgehead atoms. The van der Waals surface area contributed by atoms with Gasteiger partial charge in [0.15, 0.2) is 0 Å². The number of hydrogen-bond donors (Lipinski definition) is 1. The molecule has 1 aromatic carbocycles. The van der Waals surface area contributed by atoms with E-state index in [0.29, 0.717) is 11.3 Å². The predicted molar refractivity (Wildman–Crippen MR) is 93.1 cm³/mol. The summed E-state index contributed by atoms with van der Waals surface area (Å²) in [6.07, 6.45) is 1.43. The highest BCUT2D eigenvalue weighted by Crippen LogP contribution is 2.21. The summed E-state index contributed by atoms with van der Waals surface area (Å²) < 4.78 is 26.3. The number of rotatable bonds is 7. The first-order valence-corrected chi connectivity index (χ1v) is 9.24. The van der Waals surface area contributed by atoms with Crippen LogP contribution >= 0.6 is 11.3 Å². The molecule has 0 aliphatic carbocycles. The molecule has 124 valence electrons. The molecule has 0 fully saturated rings. The van der Waals surface area contributed by atoms with Crippen molar-refractivity contribution in [3.63, 3.8) is 0 Å². The molecule has 2 rings (SSSR count). The topological polar surface area (TPSA) is 90.3 Å². The van der Waals surface area contributed by atoms with E-state index in [0.717, 1.165) is 15.6 Å². The molecule has 1 amide bonds. The fourth-order valence-corrected chi connectivity index (χ4v) is 4.47. The molecule has 6 nitrogen and oxygen atoms in total. The third-order valence-electron chi connectivity index (χ3n) is 3.02. The lowest BCUT2D eigenvalue weighted by atomic mass is 10.2.